The number of anilines is 1. The third-order valence-electron chi connectivity index (χ3n) is 3.76. The van der Waals surface area contributed by atoms with Gasteiger partial charge in [-0.25, -0.2) is 21.5 Å². The summed E-state index contributed by atoms with van der Waals surface area (Å²) in [4.78, 5) is 12.4. The van der Waals surface area contributed by atoms with Crippen molar-refractivity contribution in [1.29, 1.82) is 0 Å². The lowest BCUT2D eigenvalue weighted by Gasteiger charge is -2.16. The van der Waals surface area contributed by atoms with Crippen LogP contribution in [0.25, 0.3) is 0 Å². The maximum Gasteiger partial charge on any atom is 0.255 e. The van der Waals surface area contributed by atoms with Crippen LogP contribution in [0, 0.1) is 25.5 Å². The Morgan fingerprint density at radius 3 is 2.08 bits per heavy atom. The fourth-order valence-electron chi connectivity index (χ4n) is 2.25. The maximum atomic E-state index is 13.2. The normalized spacial score (nSPS) is 11.6. The molecule has 0 spiro atoms. The van der Waals surface area contributed by atoms with E-state index in [1.54, 1.807) is 13.8 Å². The average Bonchev–Trinajstić information content (AvgIpc) is 2.48. The zero-order chi connectivity index (χ0) is 18.9. The molecule has 25 heavy (non-hydrogen) atoms. The van der Waals surface area contributed by atoms with Crippen LogP contribution in [-0.4, -0.2) is 32.7 Å². The smallest absolute Gasteiger partial charge is 0.255 e. The zero-order valence-electron chi connectivity index (χ0n) is 14.2. The molecule has 0 atom stereocenters. The average molecular weight is 368 g/mol. The Morgan fingerprint density at radius 1 is 1.00 bits per heavy atom. The van der Waals surface area contributed by atoms with Gasteiger partial charge in [0, 0.05) is 31.4 Å². The number of nitrogens with one attached hydrogen (secondary N) is 1. The summed E-state index contributed by atoms with van der Waals surface area (Å²) in [6, 6.07) is 5.41. The summed E-state index contributed by atoms with van der Waals surface area (Å²) in [7, 11) is -0.949. The molecule has 1 N–H and O–H groups in total. The highest BCUT2D eigenvalue weighted by molar-refractivity contribution is 7.89. The molecule has 134 valence electrons. The van der Waals surface area contributed by atoms with Crippen molar-refractivity contribution >= 4 is 21.6 Å². The summed E-state index contributed by atoms with van der Waals surface area (Å²) in [5.41, 5.74) is 1.16. The first-order chi connectivity index (χ1) is 11.5. The summed E-state index contributed by atoms with van der Waals surface area (Å²) < 4.78 is 52.4. The molecule has 0 aliphatic heterocycles. The Morgan fingerprint density at radius 2 is 1.56 bits per heavy atom. The quantitative estimate of drug-likeness (QED) is 0.902. The van der Waals surface area contributed by atoms with Crippen molar-refractivity contribution in [2.75, 3.05) is 19.4 Å². The highest BCUT2D eigenvalue weighted by atomic mass is 32.2. The molecule has 0 aliphatic carbocycles. The molecule has 0 aromatic heterocycles. The number of nitrogens with zero attached hydrogens (tertiary/aromatic N) is 1. The highest BCUT2D eigenvalue weighted by Gasteiger charge is 2.23. The molecule has 0 bridgehead atoms. The molecule has 0 saturated carbocycles. The first-order valence-corrected chi connectivity index (χ1v) is 8.77. The molecule has 0 radical (unpaired) electrons. The van der Waals surface area contributed by atoms with Crippen molar-refractivity contribution in [3.8, 4) is 0 Å². The maximum absolute atomic E-state index is 13.2. The standard InChI is InChI=1S/C17H18F2N2O3S/c1-10-5-12(6-16(11(10)2)25(23,24)21(3)4)17(22)20-15-8-13(18)7-14(19)9-15/h5-9H,1-4H3,(H,20,22). The summed E-state index contributed by atoms with van der Waals surface area (Å²) in [6.07, 6.45) is 0. The lowest BCUT2D eigenvalue weighted by atomic mass is 10.1. The predicted molar refractivity (Wildman–Crippen MR) is 91.1 cm³/mol. The van der Waals surface area contributed by atoms with Crippen molar-refractivity contribution in [2.24, 2.45) is 0 Å². The first kappa shape index (κ1) is 19.0. The van der Waals surface area contributed by atoms with Crippen molar-refractivity contribution in [1.82, 2.24) is 4.31 Å². The molecule has 0 fully saturated rings. The van der Waals surface area contributed by atoms with Crippen LogP contribution >= 0.6 is 0 Å². The second-order valence-corrected chi connectivity index (χ2v) is 7.94. The van der Waals surface area contributed by atoms with E-state index < -0.39 is 27.6 Å². The van der Waals surface area contributed by atoms with Gasteiger partial charge < -0.3 is 5.32 Å². The second-order valence-electron chi connectivity index (χ2n) is 5.82. The van der Waals surface area contributed by atoms with Gasteiger partial charge in [0.05, 0.1) is 4.90 Å². The van der Waals surface area contributed by atoms with Gasteiger partial charge in [-0.2, -0.15) is 0 Å². The number of amides is 1. The van der Waals surface area contributed by atoms with Crippen LogP contribution in [0.15, 0.2) is 35.2 Å². The van der Waals surface area contributed by atoms with E-state index in [2.05, 4.69) is 5.32 Å². The molecule has 0 unspecified atom stereocenters. The molecular formula is C17H18F2N2O3S. The van der Waals surface area contributed by atoms with Gasteiger partial charge in [0.25, 0.3) is 5.91 Å². The fraction of sp³-hybridized carbons (Fsp3) is 0.235. The van der Waals surface area contributed by atoms with Gasteiger partial charge in [0.2, 0.25) is 10.0 Å². The topological polar surface area (TPSA) is 66.5 Å². The number of carbonyl (C=O) groups excluding carboxylic acids is 1. The minimum atomic E-state index is -3.74. The van der Waals surface area contributed by atoms with E-state index in [9.17, 15) is 22.0 Å². The zero-order valence-corrected chi connectivity index (χ0v) is 15.0. The van der Waals surface area contributed by atoms with Crippen molar-refractivity contribution in [3.63, 3.8) is 0 Å². The van der Waals surface area contributed by atoms with E-state index in [1.165, 1.54) is 26.2 Å². The van der Waals surface area contributed by atoms with Crippen LogP contribution < -0.4 is 5.32 Å². The number of aryl methyl sites for hydroxylation is 1. The lowest BCUT2D eigenvalue weighted by Crippen LogP contribution is -2.24. The number of sulfonamides is 1. The van der Waals surface area contributed by atoms with E-state index in [-0.39, 0.29) is 16.1 Å². The summed E-state index contributed by atoms with van der Waals surface area (Å²) in [5, 5.41) is 2.37. The number of hydrogen-bond donors (Lipinski definition) is 1. The van der Waals surface area contributed by atoms with E-state index in [0.29, 0.717) is 17.2 Å². The van der Waals surface area contributed by atoms with Crippen LogP contribution in [0.1, 0.15) is 21.5 Å². The van der Waals surface area contributed by atoms with Crippen molar-refractivity contribution < 1.29 is 22.0 Å². The molecule has 5 nitrogen and oxygen atoms in total. The molecule has 2 aromatic rings. The summed E-state index contributed by atoms with van der Waals surface area (Å²) >= 11 is 0. The largest absolute Gasteiger partial charge is 0.322 e. The Hall–Kier alpha value is -2.32. The van der Waals surface area contributed by atoms with E-state index in [4.69, 9.17) is 0 Å². The third kappa shape index (κ3) is 4.02. The number of hydrogen-bond acceptors (Lipinski definition) is 3. The second kappa shape index (κ2) is 6.89. The summed E-state index contributed by atoms with van der Waals surface area (Å²) in [5.74, 6) is -2.32. The molecule has 1 amide bonds. The van der Waals surface area contributed by atoms with Gasteiger partial charge in [-0.1, -0.05) is 0 Å². The van der Waals surface area contributed by atoms with E-state index >= 15 is 0 Å². The highest BCUT2D eigenvalue weighted by Crippen LogP contribution is 2.24. The molecule has 0 saturated heterocycles. The minimum Gasteiger partial charge on any atom is -0.322 e. The molecule has 2 aromatic carbocycles. The van der Waals surface area contributed by atoms with Gasteiger partial charge in [-0.3, -0.25) is 4.79 Å². The molecule has 8 heteroatoms. The van der Waals surface area contributed by atoms with E-state index in [0.717, 1.165) is 16.4 Å². The van der Waals surface area contributed by atoms with E-state index in [1.807, 2.05) is 0 Å². The number of carbonyl (C=O) groups is 1. The minimum absolute atomic E-state index is 0.00747. The monoisotopic (exact) mass is 368 g/mol. The van der Waals surface area contributed by atoms with Crippen LogP contribution in [0.2, 0.25) is 0 Å². The summed E-state index contributed by atoms with van der Waals surface area (Å²) in [6.45, 7) is 3.33. The van der Waals surface area contributed by atoms with Crippen LogP contribution in [0.5, 0.6) is 0 Å². The number of benzene rings is 2. The van der Waals surface area contributed by atoms with Gasteiger partial charge in [-0.05, 0) is 49.2 Å². The van der Waals surface area contributed by atoms with Gasteiger partial charge in [0.15, 0.2) is 0 Å². The first-order valence-electron chi connectivity index (χ1n) is 7.33. The molecular weight excluding hydrogens is 350 g/mol. The third-order valence-corrected chi connectivity index (χ3v) is 5.70. The van der Waals surface area contributed by atoms with Gasteiger partial charge >= 0.3 is 0 Å². The Kier molecular flexibility index (Phi) is 5.24. The van der Waals surface area contributed by atoms with Crippen molar-refractivity contribution in [3.05, 3.63) is 58.7 Å². The Bertz CT molecular complexity index is 921. The van der Waals surface area contributed by atoms with Crippen LogP contribution in [0.4, 0.5) is 14.5 Å². The Labute approximate surface area is 145 Å². The SMILES string of the molecule is Cc1cc(C(=O)Nc2cc(F)cc(F)c2)cc(S(=O)(=O)N(C)C)c1C. The molecule has 0 aliphatic rings. The lowest BCUT2D eigenvalue weighted by molar-refractivity contribution is 0.102. The Balaban J connectivity index is 2.46. The fourth-order valence-corrected chi connectivity index (χ4v) is 3.47. The number of halogens is 2. The van der Waals surface area contributed by atoms with Crippen LogP contribution in [-0.2, 0) is 10.0 Å². The number of rotatable bonds is 4. The predicted octanol–water partition coefficient (Wildman–Crippen LogP) is 3.08. The van der Waals surface area contributed by atoms with Gasteiger partial charge in [0.1, 0.15) is 11.6 Å². The van der Waals surface area contributed by atoms with Gasteiger partial charge in [-0.15, -0.1) is 0 Å². The van der Waals surface area contributed by atoms with Crippen molar-refractivity contribution in [2.45, 2.75) is 18.7 Å². The molecule has 2 rings (SSSR count). The van der Waals surface area contributed by atoms with Crippen LogP contribution in [0.3, 0.4) is 0 Å². The molecule has 0 heterocycles.